The summed E-state index contributed by atoms with van der Waals surface area (Å²) < 4.78 is 0. The summed E-state index contributed by atoms with van der Waals surface area (Å²) in [6.45, 7) is 0. The van der Waals surface area contributed by atoms with E-state index in [-0.39, 0.29) is 17.1 Å². The molecule has 3 N–H and O–H groups in total. The molecular formula is C12H10N2O4S. The van der Waals surface area contributed by atoms with Crippen molar-refractivity contribution in [3.8, 4) is 0 Å². The molecule has 0 aliphatic carbocycles. The number of carboxylic acid groups (broad SMARTS) is 1. The molecule has 0 bridgehead atoms. The summed E-state index contributed by atoms with van der Waals surface area (Å²) in [4.78, 5) is 34.0. The number of aromatic carboxylic acids is 1. The number of carbonyl (C=O) groups excluding carboxylic acids is 2. The molecule has 1 heterocycles. The van der Waals surface area contributed by atoms with Crippen LogP contribution in [0.4, 0.5) is 0 Å². The average molecular weight is 278 g/mol. The number of hydrogen-bond donors (Lipinski definition) is 3. The van der Waals surface area contributed by atoms with Crippen molar-refractivity contribution in [2.45, 2.75) is 6.42 Å². The minimum Gasteiger partial charge on any atom is -0.478 e. The Morgan fingerprint density at radius 3 is 2.16 bits per heavy atom. The normalized spacial score (nSPS) is 15.9. The monoisotopic (exact) mass is 278 g/mol. The van der Waals surface area contributed by atoms with E-state index in [2.05, 4.69) is 10.6 Å². The van der Waals surface area contributed by atoms with Gasteiger partial charge in [0.25, 0.3) is 0 Å². The highest BCUT2D eigenvalue weighted by molar-refractivity contribution is 7.80. The molecule has 1 aliphatic rings. The smallest absolute Gasteiger partial charge is 0.335 e. The van der Waals surface area contributed by atoms with E-state index in [4.69, 9.17) is 17.3 Å². The Morgan fingerprint density at radius 1 is 1.16 bits per heavy atom. The average Bonchev–Trinajstić information content (AvgIpc) is 2.34. The van der Waals surface area contributed by atoms with Crippen LogP contribution in [-0.2, 0) is 16.0 Å². The first kappa shape index (κ1) is 13.2. The van der Waals surface area contributed by atoms with Gasteiger partial charge in [-0.25, -0.2) is 4.79 Å². The van der Waals surface area contributed by atoms with Gasteiger partial charge in [-0.15, -0.1) is 0 Å². The van der Waals surface area contributed by atoms with Crippen molar-refractivity contribution in [1.29, 1.82) is 0 Å². The molecule has 0 spiro atoms. The lowest BCUT2D eigenvalue weighted by Gasteiger charge is -2.22. The third-order valence-electron chi connectivity index (χ3n) is 2.75. The molecular weight excluding hydrogens is 268 g/mol. The van der Waals surface area contributed by atoms with Crippen LogP contribution < -0.4 is 10.6 Å². The Kier molecular flexibility index (Phi) is 3.57. The van der Waals surface area contributed by atoms with Crippen molar-refractivity contribution in [3.05, 3.63) is 35.4 Å². The largest absolute Gasteiger partial charge is 0.478 e. The van der Waals surface area contributed by atoms with Crippen LogP contribution in [-0.4, -0.2) is 28.0 Å². The number of amides is 2. The number of rotatable bonds is 3. The zero-order chi connectivity index (χ0) is 14.0. The number of hydrogen-bond acceptors (Lipinski definition) is 4. The molecule has 0 atom stereocenters. The van der Waals surface area contributed by atoms with Gasteiger partial charge in [0.05, 0.1) is 5.56 Å². The van der Waals surface area contributed by atoms with Gasteiger partial charge < -0.3 is 15.7 Å². The molecule has 2 amide bonds. The van der Waals surface area contributed by atoms with Crippen molar-refractivity contribution in [3.63, 3.8) is 0 Å². The minimum absolute atomic E-state index is 0.00692. The lowest BCUT2D eigenvalue weighted by Crippen LogP contribution is -2.56. The van der Waals surface area contributed by atoms with Crippen LogP contribution >= 0.6 is 12.2 Å². The zero-order valence-electron chi connectivity index (χ0n) is 9.67. The molecule has 0 saturated carbocycles. The van der Waals surface area contributed by atoms with E-state index >= 15 is 0 Å². The van der Waals surface area contributed by atoms with Crippen LogP contribution in [0.1, 0.15) is 15.9 Å². The molecule has 1 fully saturated rings. The predicted molar refractivity (Wildman–Crippen MR) is 69.5 cm³/mol. The summed E-state index contributed by atoms with van der Waals surface area (Å²) >= 11 is 4.69. The maximum absolute atomic E-state index is 11.6. The highest BCUT2D eigenvalue weighted by Crippen LogP contribution is 2.13. The van der Waals surface area contributed by atoms with E-state index in [0.717, 1.165) is 0 Å². The molecule has 19 heavy (non-hydrogen) atoms. The molecule has 98 valence electrons. The summed E-state index contributed by atoms with van der Waals surface area (Å²) in [5, 5.41) is 13.5. The fourth-order valence-corrected chi connectivity index (χ4v) is 1.95. The predicted octanol–water partition coefficient (Wildman–Crippen LogP) is 0.0744. The van der Waals surface area contributed by atoms with Crippen molar-refractivity contribution < 1.29 is 19.5 Å². The van der Waals surface area contributed by atoms with Crippen LogP contribution in [0.2, 0.25) is 0 Å². The first-order valence-electron chi connectivity index (χ1n) is 5.45. The van der Waals surface area contributed by atoms with E-state index in [9.17, 15) is 14.4 Å². The fraction of sp³-hybridized carbons (Fsp3) is 0.167. The second-order valence-electron chi connectivity index (χ2n) is 4.07. The number of benzene rings is 1. The molecule has 7 heteroatoms. The lowest BCUT2D eigenvalue weighted by molar-refractivity contribution is -0.135. The number of thiocarbonyl (C=S) groups is 1. The van der Waals surface area contributed by atoms with E-state index in [0.29, 0.717) is 5.56 Å². The maximum atomic E-state index is 11.6. The van der Waals surface area contributed by atoms with Gasteiger partial charge in [0.2, 0.25) is 11.8 Å². The number of nitrogens with one attached hydrogen (secondary N) is 2. The van der Waals surface area contributed by atoms with Gasteiger partial charge in [-0.3, -0.25) is 9.59 Å². The Bertz CT molecular complexity index is 548. The second-order valence-corrected chi connectivity index (χ2v) is 4.47. The summed E-state index contributed by atoms with van der Waals surface area (Å²) in [5.74, 6) is -2.78. The van der Waals surface area contributed by atoms with E-state index in [1.54, 1.807) is 12.1 Å². The summed E-state index contributed by atoms with van der Waals surface area (Å²) in [6, 6.07) is 6.02. The van der Waals surface area contributed by atoms with Gasteiger partial charge in [-0.2, -0.15) is 0 Å². The van der Waals surface area contributed by atoms with E-state index in [1.807, 2.05) is 0 Å². The maximum Gasteiger partial charge on any atom is 0.335 e. The Labute approximate surface area is 113 Å². The van der Waals surface area contributed by atoms with Crippen LogP contribution in [0.15, 0.2) is 24.3 Å². The van der Waals surface area contributed by atoms with Crippen LogP contribution in [0.5, 0.6) is 0 Å². The van der Waals surface area contributed by atoms with Gasteiger partial charge in [-0.1, -0.05) is 12.1 Å². The van der Waals surface area contributed by atoms with Crippen molar-refractivity contribution >= 4 is 35.1 Å². The summed E-state index contributed by atoms with van der Waals surface area (Å²) in [6.07, 6.45) is 0.195. The first-order valence-corrected chi connectivity index (χ1v) is 5.86. The molecule has 1 aliphatic heterocycles. The van der Waals surface area contributed by atoms with Crippen LogP contribution in [0.3, 0.4) is 0 Å². The Hall–Kier alpha value is -2.28. The highest BCUT2D eigenvalue weighted by atomic mass is 32.1. The molecule has 2 rings (SSSR count). The fourth-order valence-electron chi connectivity index (χ4n) is 1.75. The molecule has 6 nitrogen and oxygen atoms in total. The molecule has 1 saturated heterocycles. The molecule has 1 aromatic rings. The first-order chi connectivity index (χ1) is 8.97. The van der Waals surface area contributed by atoms with Crippen molar-refractivity contribution in [2.24, 2.45) is 5.92 Å². The van der Waals surface area contributed by atoms with Crippen molar-refractivity contribution in [1.82, 2.24) is 10.6 Å². The minimum atomic E-state index is -1.02. The standard InChI is InChI=1S/C12H10N2O4S/c15-9-8(10(16)14-12(19)13-9)5-6-1-3-7(4-2-6)11(17)18/h1-4,8H,5H2,(H,17,18)(H2,13,14,15,16,19). The quantitative estimate of drug-likeness (QED) is 0.537. The van der Waals surface area contributed by atoms with E-state index < -0.39 is 23.7 Å². The number of carbonyl (C=O) groups is 3. The lowest BCUT2D eigenvalue weighted by atomic mass is 9.96. The summed E-state index contributed by atoms with van der Waals surface area (Å²) in [5.41, 5.74) is 0.857. The zero-order valence-corrected chi connectivity index (χ0v) is 10.5. The Morgan fingerprint density at radius 2 is 1.68 bits per heavy atom. The van der Waals surface area contributed by atoms with E-state index in [1.165, 1.54) is 12.1 Å². The van der Waals surface area contributed by atoms with Gasteiger partial charge in [0.1, 0.15) is 5.92 Å². The van der Waals surface area contributed by atoms with Gasteiger partial charge >= 0.3 is 5.97 Å². The van der Waals surface area contributed by atoms with Gasteiger partial charge in [0, 0.05) is 0 Å². The van der Waals surface area contributed by atoms with Gasteiger partial charge in [0.15, 0.2) is 5.11 Å². The molecule has 0 unspecified atom stereocenters. The highest BCUT2D eigenvalue weighted by Gasteiger charge is 2.32. The van der Waals surface area contributed by atoms with Crippen LogP contribution in [0.25, 0.3) is 0 Å². The third kappa shape index (κ3) is 2.94. The third-order valence-corrected chi connectivity index (χ3v) is 2.95. The van der Waals surface area contributed by atoms with Crippen LogP contribution in [0, 0.1) is 5.92 Å². The van der Waals surface area contributed by atoms with Gasteiger partial charge in [-0.05, 0) is 36.3 Å². The molecule has 1 aromatic carbocycles. The topological polar surface area (TPSA) is 95.5 Å². The second kappa shape index (κ2) is 5.15. The summed E-state index contributed by atoms with van der Waals surface area (Å²) in [7, 11) is 0. The van der Waals surface area contributed by atoms with Crippen molar-refractivity contribution in [2.75, 3.05) is 0 Å². The SMILES string of the molecule is O=C(O)c1ccc(CC2C(=O)NC(=S)NC2=O)cc1. The molecule has 0 aromatic heterocycles. The molecule has 0 radical (unpaired) electrons. The Balaban J connectivity index is 2.12. The number of carboxylic acids is 1.